The molecule has 28 heavy (non-hydrogen) atoms. The molecule has 3 N–H and O–H groups in total. The molecule has 158 valence electrons. The maximum absolute atomic E-state index is 13.1. The molecule has 2 aliphatic rings. The SMILES string of the molecule is COc1ccc(NC(=O)C2CCCC(N)C2)cc1S(=O)(=O)N1CCCCC1.Cl. The molecular weight excluding hydrogens is 402 g/mol. The number of benzene rings is 1. The highest BCUT2D eigenvalue weighted by Crippen LogP contribution is 2.32. The summed E-state index contributed by atoms with van der Waals surface area (Å²) in [5.41, 5.74) is 6.44. The molecule has 1 aliphatic heterocycles. The molecule has 1 aromatic carbocycles. The van der Waals surface area contributed by atoms with Crippen molar-refractivity contribution < 1.29 is 17.9 Å². The minimum Gasteiger partial charge on any atom is -0.495 e. The maximum atomic E-state index is 13.1. The lowest BCUT2D eigenvalue weighted by molar-refractivity contribution is -0.120. The Labute approximate surface area is 173 Å². The Morgan fingerprint density at radius 2 is 1.89 bits per heavy atom. The molecule has 7 nitrogen and oxygen atoms in total. The zero-order valence-electron chi connectivity index (χ0n) is 16.2. The van der Waals surface area contributed by atoms with Crippen molar-refractivity contribution in [3.05, 3.63) is 18.2 Å². The number of hydrogen-bond acceptors (Lipinski definition) is 5. The maximum Gasteiger partial charge on any atom is 0.246 e. The van der Waals surface area contributed by atoms with Gasteiger partial charge in [-0.25, -0.2) is 8.42 Å². The molecule has 0 spiro atoms. The first-order valence-electron chi connectivity index (χ1n) is 9.66. The molecule has 1 aliphatic carbocycles. The third-order valence-corrected chi connectivity index (χ3v) is 7.37. The van der Waals surface area contributed by atoms with E-state index < -0.39 is 10.0 Å². The van der Waals surface area contributed by atoms with Crippen molar-refractivity contribution in [2.24, 2.45) is 11.7 Å². The molecule has 9 heteroatoms. The normalized spacial score (nSPS) is 23.5. The number of ether oxygens (including phenoxy) is 1. The fourth-order valence-corrected chi connectivity index (χ4v) is 5.61. The number of piperidine rings is 1. The molecule has 2 atom stereocenters. The van der Waals surface area contributed by atoms with E-state index in [1.54, 1.807) is 12.1 Å². The summed E-state index contributed by atoms with van der Waals surface area (Å²) in [4.78, 5) is 12.7. The molecule has 2 fully saturated rings. The van der Waals surface area contributed by atoms with Gasteiger partial charge in [0.25, 0.3) is 0 Å². The lowest BCUT2D eigenvalue weighted by Crippen LogP contribution is -2.36. The summed E-state index contributed by atoms with van der Waals surface area (Å²) >= 11 is 0. The van der Waals surface area contributed by atoms with Gasteiger partial charge in [-0.2, -0.15) is 4.31 Å². The summed E-state index contributed by atoms with van der Waals surface area (Å²) < 4.78 is 32.9. The first kappa shape index (κ1) is 22.9. The molecule has 1 heterocycles. The van der Waals surface area contributed by atoms with Gasteiger partial charge in [0, 0.05) is 30.7 Å². The third-order valence-electron chi connectivity index (χ3n) is 5.45. The van der Waals surface area contributed by atoms with Gasteiger partial charge in [-0.1, -0.05) is 12.8 Å². The number of carbonyl (C=O) groups is 1. The van der Waals surface area contributed by atoms with Crippen LogP contribution in [-0.2, 0) is 14.8 Å². The highest BCUT2D eigenvalue weighted by atomic mass is 35.5. The van der Waals surface area contributed by atoms with Crippen LogP contribution in [0, 0.1) is 5.92 Å². The van der Waals surface area contributed by atoms with Crippen molar-refractivity contribution in [1.29, 1.82) is 0 Å². The highest BCUT2D eigenvalue weighted by Gasteiger charge is 2.30. The van der Waals surface area contributed by atoms with Crippen molar-refractivity contribution >= 4 is 34.0 Å². The molecule has 3 rings (SSSR count). The molecular formula is C19H30ClN3O4S. The van der Waals surface area contributed by atoms with Crippen LogP contribution in [0.5, 0.6) is 5.75 Å². The van der Waals surface area contributed by atoms with Crippen molar-refractivity contribution in [3.63, 3.8) is 0 Å². The van der Waals surface area contributed by atoms with Gasteiger partial charge in [0.05, 0.1) is 7.11 Å². The second kappa shape index (κ2) is 9.91. The van der Waals surface area contributed by atoms with E-state index in [1.807, 2.05) is 0 Å². The summed E-state index contributed by atoms with van der Waals surface area (Å²) in [5, 5.41) is 2.87. The predicted molar refractivity (Wildman–Crippen MR) is 111 cm³/mol. The summed E-state index contributed by atoms with van der Waals surface area (Å²) in [6.07, 6.45) is 6.14. The minimum absolute atomic E-state index is 0. The summed E-state index contributed by atoms with van der Waals surface area (Å²) in [6, 6.07) is 4.83. The van der Waals surface area contributed by atoms with Crippen LogP contribution in [0.2, 0.25) is 0 Å². The van der Waals surface area contributed by atoms with E-state index in [0.29, 0.717) is 30.9 Å². The summed E-state index contributed by atoms with van der Waals surface area (Å²) in [5.74, 6) is 0.0629. The number of anilines is 1. The number of carbonyl (C=O) groups excluding carboxylic acids is 1. The molecule has 1 amide bonds. The van der Waals surface area contributed by atoms with Gasteiger partial charge in [0.2, 0.25) is 15.9 Å². The van der Waals surface area contributed by atoms with E-state index in [9.17, 15) is 13.2 Å². The van der Waals surface area contributed by atoms with E-state index in [2.05, 4.69) is 5.32 Å². The van der Waals surface area contributed by atoms with Gasteiger partial charge in [0.15, 0.2) is 0 Å². The Balaban J connectivity index is 0.00000280. The van der Waals surface area contributed by atoms with Crippen LogP contribution >= 0.6 is 12.4 Å². The van der Waals surface area contributed by atoms with Crippen molar-refractivity contribution in [2.75, 3.05) is 25.5 Å². The smallest absolute Gasteiger partial charge is 0.246 e. The zero-order valence-corrected chi connectivity index (χ0v) is 17.9. The number of hydrogen-bond donors (Lipinski definition) is 2. The quantitative estimate of drug-likeness (QED) is 0.746. The van der Waals surface area contributed by atoms with Gasteiger partial charge < -0.3 is 15.8 Å². The molecule has 1 aromatic rings. The van der Waals surface area contributed by atoms with Crippen molar-refractivity contribution in [1.82, 2.24) is 4.31 Å². The molecule has 0 bridgehead atoms. The van der Waals surface area contributed by atoms with Crippen molar-refractivity contribution in [2.45, 2.75) is 55.9 Å². The van der Waals surface area contributed by atoms with Crippen LogP contribution in [0.1, 0.15) is 44.9 Å². The van der Waals surface area contributed by atoms with E-state index >= 15 is 0 Å². The standard InChI is InChI=1S/C19H29N3O4S.ClH/c1-26-17-9-8-16(21-19(23)14-6-5-7-15(20)12-14)13-18(17)27(24,25)22-10-3-2-4-11-22;/h8-9,13-15H,2-7,10-12,20H2,1H3,(H,21,23);1H. The van der Waals surface area contributed by atoms with E-state index in [-0.39, 0.29) is 35.2 Å². The number of halogens is 1. The van der Waals surface area contributed by atoms with Crippen molar-refractivity contribution in [3.8, 4) is 5.75 Å². The Bertz CT molecular complexity index is 781. The fourth-order valence-electron chi connectivity index (χ4n) is 3.91. The van der Waals surface area contributed by atoms with Crippen LogP contribution in [0.25, 0.3) is 0 Å². The van der Waals surface area contributed by atoms with E-state index in [4.69, 9.17) is 10.5 Å². The number of nitrogens with zero attached hydrogens (tertiary/aromatic N) is 1. The van der Waals surface area contributed by atoms with Gasteiger partial charge in [0.1, 0.15) is 10.6 Å². The summed E-state index contributed by atoms with van der Waals surface area (Å²) in [6.45, 7) is 1.03. The number of rotatable bonds is 5. The zero-order chi connectivity index (χ0) is 19.4. The monoisotopic (exact) mass is 431 g/mol. The highest BCUT2D eigenvalue weighted by molar-refractivity contribution is 7.89. The first-order valence-corrected chi connectivity index (χ1v) is 11.1. The average Bonchev–Trinajstić information content (AvgIpc) is 2.68. The first-order chi connectivity index (χ1) is 12.9. The van der Waals surface area contributed by atoms with Gasteiger partial charge >= 0.3 is 0 Å². The number of methoxy groups -OCH3 is 1. The summed E-state index contributed by atoms with van der Waals surface area (Å²) in [7, 11) is -2.21. The Kier molecular flexibility index (Phi) is 8.12. The lowest BCUT2D eigenvalue weighted by Gasteiger charge is -2.27. The number of amides is 1. The average molecular weight is 432 g/mol. The Hall–Kier alpha value is -1.35. The third kappa shape index (κ3) is 5.17. The minimum atomic E-state index is -3.66. The molecule has 2 unspecified atom stereocenters. The fraction of sp³-hybridized carbons (Fsp3) is 0.632. The molecule has 1 saturated heterocycles. The topological polar surface area (TPSA) is 102 Å². The Morgan fingerprint density at radius 3 is 2.54 bits per heavy atom. The predicted octanol–water partition coefficient (Wildman–Crippen LogP) is 2.75. The molecule has 1 saturated carbocycles. The van der Waals surface area contributed by atoms with Crippen LogP contribution in [0.4, 0.5) is 5.69 Å². The van der Waals surface area contributed by atoms with Gasteiger partial charge in [-0.05, 0) is 50.3 Å². The van der Waals surface area contributed by atoms with Crippen LogP contribution in [-0.4, -0.2) is 44.9 Å². The van der Waals surface area contributed by atoms with Gasteiger partial charge in [-0.15, -0.1) is 12.4 Å². The van der Waals surface area contributed by atoms with E-state index in [1.165, 1.54) is 17.5 Å². The number of nitrogens with two attached hydrogens (primary N) is 1. The van der Waals surface area contributed by atoms with Gasteiger partial charge in [-0.3, -0.25) is 4.79 Å². The number of sulfonamides is 1. The van der Waals surface area contributed by atoms with Crippen LogP contribution < -0.4 is 15.8 Å². The largest absolute Gasteiger partial charge is 0.495 e. The lowest BCUT2D eigenvalue weighted by atomic mass is 9.85. The van der Waals surface area contributed by atoms with E-state index in [0.717, 1.165) is 38.5 Å². The second-order valence-corrected chi connectivity index (χ2v) is 9.35. The Morgan fingerprint density at radius 1 is 1.18 bits per heavy atom. The molecule has 0 radical (unpaired) electrons. The number of nitrogens with one attached hydrogen (secondary N) is 1. The van der Waals surface area contributed by atoms with Crippen LogP contribution in [0.3, 0.4) is 0 Å². The van der Waals surface area contributed by atoms with Crippen LogP contribution in [0.15, 0.2) is 23.1 Å². The molecule has 0 aromatic heterocycles. The second-order valence-electron chi connectivity index (χ2n) is 7.44.